The number of nitriles is 1. The standard InChI is InChI=1S/C12H12N2O3/c1-14-9(6-13)11-8(12(14)15)4-7(16-2)5-10(11)17-3/h4-5,9H,1-3H3. The van der Waals surface area contributed by atoms with Crippen molar-refractivity contribution < 1.29 is 14.3 Å². The number of nitrogens with zero attached hydrogens (tertiary/aromatic N) is 2. The first-order valence-corrected chi connectivity index (χ1v) is 5.06. The third-order valence-electron chi connectivity index (χ3n) is 2.90. The molecule has 1 aliphatic heterocycles. The van der Waals surface area contributed by atoms with Crippen LogP contribution in [0, 0.1) is 11.3 Å². The van der Waals surface area contributed by atoms with E-state index in [0.717, 1.165) is 0 Å². The highest BCUT2D eigenvalue weighted by Crippen LogP contribution is 2.40. The summed E-state index contributed by atoms with van der Waals surface area (Å²) in [6.07, 6.45) is 0. The van der Waals surface area contributed by atoms with Crippen molar-refractivity contribution in [2.24, 2.45) is 0 Å². The Bertz CT molecular complexity index is 519. The number of ether oxygens (including phenoxy) is 2. The van der Waals surface area contributed by atoms with Gasteiger partial charge in [-0.1, -0.05) is 0 Å². The minimum atomic E-state index is -0.599. The second kappa shape index (κ2) is 3.98. The molecule has 1 aliphatic rings. The van der Waals surface area contributed by atoms with Crippen LogP contribution in [0.3, 0.4) is 0 Å². The van der Waals surface area contributed by atoms with Crippen molar-refractivity contribution in [1.29, 1.82) is 5.26 Å². The van der Waals surface area contributed by atoms with E-state index < -0.39 is 6.04 Å². The molecule has 1 amide bonds. The van der Waals surface area contributed by atoms with Crippen molar-refractivity contribution in [1.82, 2.24) is 4.90 Å². The zero-order valence-electron chi connectivity index (χ0n) is 9.85. The first kappa shape index (κ1) is 11.3. The quantitative estimate of drug-likeness (QED) is 0.772. The normalized spacial score (nSPS) is 17.6. The van der Waals surface area contributed by atoms with Crippen molar-refractivity contribution in [3.05, 3.63) is 23.3 Å². The predicted octanol–water partition coefficient (Wildman–Crippen LogP) is 1.35. The summed E-state index contributed by atoms with van der Waals surface area (Å²) < 4.78 is 10.3. The second-order valence-electron chi connectivity index (χ2n) is 3.74. The molecule has 5 nitrogen and oxygen atoms in total. The Morgan fingerprint density at radius 3 is 2.59 bits per heavy atom. The Balaban J connectivity index is 2.68. The zero-order valence-corrected chi connectivity index (χ0v) is 9.85. The first-order valence-electron chi connectivity index (χ1n) is 5.06. The number of carbonyl (C=O) groups excluding carboxylic acids is 1. The summed E-state index contributed by atoms with van der Waals surface area (Å²) in [4.78, 5) is 13.4. The van der Waals surface area contributed by atoms with Gasteiger partial charge in [0.15, 0.2) is 0 Å². The molecule has 1 atom stereocenters. The third-order valence-corrected chi connectivity index (χ3v) is 2.90. The molecule has 0 aliphatic carbocycles. The number of benzene rings is 1. The highest BCUT2D eigenvalue weighted by molar-refractivity contribution is 6.00. The van der Waals surface area contributed by atoms with Crippen LogP contribution in [0.1, 0.15) is 22.0 Å². The maximum Gasteiger partial charge on any atom is 0.255 e. The van der Waals surface area contributed by atoms with Crippen LogP contribution in [0.2, 0.25) is 0 Å². The van der Waals surface area contributed by atoms with E-state index >= 15 is 0 Å². The molecule has 0 spiro atoms. The number of hydrogen-bond donors (Lipinski definition) is 0. The molecule has 0 bridgehead atoms. The van der Waals surface area contributed by atoms with Crippen LogP contribution in [-0.2, 0) is 0 Å². The number of fused-ring (bicyclic) bond motifs is 1. The van der Waals surface area contributed by atoms with Crippen LogP contribution in [-0.4, -0.2) is 32.1 Å². The Kier molecular flexibility index (Phi) is 2.64. The molecule has 0 saturated heterocycles. The summed E-state index contributed by atoms with van der Waals surface area (Å²) in [5, 5.41) is 9.12. The average molecular weight is 232 g/mol. The Hall–Kier alpha value is -2.22. The summed E-state index contributed by atoms with van der Waals surface area (Å²) in [5.74, 6) is 0.855. The Labute approximate surface area is 99.2 Å². The van der Waals surface area contributed by atoms with Gasteiger partial charge < -0.3 is 14.4 Å². The molecule has 0 radical (unpaired) electrons. The molecule has 0 saturated carbocycles. The smallest absolute Gasteiger partial charge is 0.255 e. The molecule has 0 N–H and O–H groups in total. The fourth-order valence-electron chi connectivity index (χ4n) is 2.00. The van der Waals surface area contributed by atoms with Gasteiger partial charge in [-0.2, -0.15) is 5.26 Å². The fraction of sp³-hybridized carbons (Fsp3) is 0.333. The minimum absolute atomic E-state index is 0.191. The van der Waals surface area contributed by atoms with E-state index in [2.05, 4.69) is 6.07 Å². The van der Waals surface area contributed by atoms with E-state index in [0.29, 0.717) is 22.6 Å². The van der Waals surface area contributed by atoms with E-state index in [1.54, 1.807) is 19.2 Å². The van der Waals surface area contributed by atoms with Crippen LogP contribution in [0.25, 0.3) is 0 Å². The molecule has 1 aromatic rings. The van der Waals surface area contributed by atoms with E-state index in [9.17, 15) is 4.79 Å². The maximum atomic E-state index is 12.0. The van der Waals surface area contributed by atoms with Crippen molar-refractivity contribution in [3.8, 4) is 17.6 Å². The van der Waals surface area contributed by atoms with Crippen LogP contribution in [0.15, 0.2) is 12.1 Å². The zero-order chi connectivity index (χ0) is 12.6. The SMILES string of the molecule is COc1cc(OC)c2c(c1)C(=O)N(C)C2C#N. The van der Waals surface area contributed by atoms with Crippen molar-refractivity contribution >= 4 is 5.91 Å². The predicted molar refractivity (Wildman–Crippen MR) is 60.0 cm³/mol. The largest absolute Gasteiger partial charge is 0.497 e. The monoisotopic (exact) mass is 232 g/mol. The molecule has 17 heavy (non-hydrogen) atoms. The van der Waals surface area contributed by atoms with Gasteiger partial charge in [-0.25, -0.2) is 0 Å². The number of rotatable bonds is 2. The average Bonchev–Trinajstić information content (AvgIpc) is 2.61. The van der Waals surface area contributed by atoms with Crippen LogP contribution >= 0.6 is 0 Å². The van der Waals surface area contributed by atoms with Crippen molar-refractivity contribution in [3.63, 3.8) is 0 Å². The number of hydrogen-bond acceptors (Lipinski definition) is 4. The van der Waals surface area contributed by atoms with Gasteiger partial charge in [-0.15, -0.1) is 0 Å². The van der Waals surface area contributed by atoms with E-state index in [1.807, 2.05) is 0 Å². The van der Waals surface area contributed by atoms with Gasteiger partial charge in [0.1, 0.15) is 17.5 Å². The van der Waals surface area contributed by atoms with Gasteiger partial charge in [0.25, 0.3) is 5.91 Å². The topological polar surface area (TPSA) is 62.6 Å². The van der Waals surface area contributed by atoms with Crippen molar-refractivity contribution in [2.75, 3.05) is 21.3 Å². The molecule has 0 fully saturated rings. The molecular formula is C12H12N2O3. The van der Waals surface area contributed by atoms with Gasteiger partial charge in [0.2, 0.25) is 0 Å². The number of methoxy groups -OCH3 is 2. The number of carbonyl (C=O) groups is 1. The lowest BCUT2D eigenvalue weighted by Crippen LogP contribution is -2.21. The highest BCUT2D eigenvalue weighted by Gasteiger charge is 2.37. The van der Waals surface area contributed by atoms with Crippen LogP contribution in [0.5, 0.6) is 11.5 Å². The van der Waals surface area contributed by atoms with E-state index in [-0.39, 0.29) is 5.91 Å². The van der Waals surface area contributed by atoms with Gasteiger partial charge in [0.05, 0.1) is 25.9 Å². The Morgan fingerprint density at radius 2 is 2.06 bits per heavy atom. The maximum absolute atomic E-state index is 12.0. The van der Waals surface area contributed by atoms with Crippen LogP contribution in [0.4, 0.5) is 0 Å². The lowest BCUT2D eigenvalue weighted by Gasteiger charge is -2.14. The van der Waals surface area contributed by atoms with Gasteiger partial charge in [-0.05, 0) is 6.07 Å². The van der Waals surface area contributed by atoms with E-state index in [4.69, 9.17) is 14.7 Å². The molecule has 1 heterocycles. The van der Waals surface area contributed by atoms with Crippen molar-refractivity contribution in [2.45, 2.75) is 6.04 Å². The highest BCUT2D eigenvalue weighted by atomic mass is 16.5. The number of amides is 1. The molecule has 0 aromatic heterocycles. The summed E-state index contributed by atoms with van der Waals surface area (Å²) >= 11 is 0. The molecule has 88 valence electrons. The minimum Gasteiger partial charge on any atom is -0.497 e. The fourth-order valence-corrected chi connectivity index (χ4v) is 2.00. The van der Waals surface area contributed by atoms with Gasteiger partial charge >= 0.3 is 0 Å². The molecular weight excluding hydrogens is 220 g/mol. The third kappa shape index (κ3) is 1.49. The molecule has 1 unspecified atom stereocenters. The summed E-state index contributed by atoms with van der Waals surface area (Å²) in [7, 11) is 4.63. The van der Waals surface area contributed by atoms with E-state index in [1.165, 1.54) is 19.1 Å². The van der Waals surface area contributed by atoms with Crippen LogP contribution < -0.4 is 9.47 Å². The first-order chi connectivity index (χ1) is 8.13. The Morgan fingerprint density at radius 1 is 1.35 bits per heavy atom. The molecule has 1 aromatic carbocycles. The second-order valence-corrected chi connectivity index (χ2v) is 3.74. The lowest BCUT2D eigenvalue weighted by atomic mass is 10.0. The molecule has 5 heteroatoms. The summed E-state index contributed by atoms with van der Waals surface area (Å²) in [5.41, 5.74) is 1.08. The van der Waals surface area contributed by atoms with Gasteiger partial charge in [-0.3, -0.25) is 4.79 Å². The lowest BCUT2D eigenvalue weighted by molar-refractivity contribution is 0.0799. The summed E-state index contributed by atoms with van der Waals surface area (Å²) in [6, 6.07) is 4.81. The summed E-state index contributed by atoms with van der Waals surface area (Å²) in [6.45, 7) is 0. The molecule has 2 rings (SSSR count). The van der Waals surface area contributed by atoms with Gasteiger partial charge in [0, 0.05) is 18.7 Å².